The minimum atomic E-state index is -4.67. The van der Waals surface area contributed by atoms with Gasteiger partial charge in [-0.15, -0.1) is 6.61 Å². The van der Waals surface area contributed by atoms with Crippen LogP contribution < -0.4 is 62.2 Å². The van der Waals surface area contributed by atoms with Crippen molar-refractivity contribution in [1.82, 2.24) is 0 Å². The van der Waals surface area contributed by atoms with Gasteiger partial charge in [0.05, 0.1) is 12.1 Å². The number of hydrogen-bond donors (Lipinski definition) is 6. The molecule has 0 aromatic carbocycles. The molecular formula is C6H14KNO9S. The van der Waals surface area contributed by atoms with Gasteiger partial charge in [-0.2, -0.15) is 8.42 Å². The summed E-state index contributed by atoms with van der Waals surface area (Å²) in [5.41, 5.74) is 5.02. The van der Waals surface area contributed by atoms with E-state index in [1.807, 2.05) is 0 Å². The van der Waals surface area contributed by atoms with Crippen molar-refractivity contribution in [2.45, 2.75) is 24.4 Å². The average Bonchev–Trinajstić information content (AvgIpc) is 2.22. The molecule has 10 nitrogen and oxygen atoms in total. The Morgan fingerprint density at radius 1 is 1.17 bits per heavy atom. The monoisotopic (exact) mass is 315 g/mol. The standard InChI is InChI=1S/C6H12NO5.K.H2O4S/c7-3(1-8)5(11)6(12)4(10)2-9;;1-5(2,3)4/h1,3-6,10-12H,2,7H2;;(H2,1,2,3,4)/q-1;+1;/t3-,4+,5+,6+;;/m0../s1. The molecule has 0 unspecified atom stereocenters. The van der Waals surface area contributed by atoms with E-state index in [1.165, 1.54) is 0 Å². The van der Waals surface area contributed by atoms with Gasteiger partial charge in [-0.1, -0.05) is 0 Å². The third kappa shape index (κ3) is 15.0. The van der Waals surface area contributed by atoms with E-state index in [1.54, 1.807) is 0 Å². The molecule has 0 aliphatic heterocycles. The summed E-state index contributed by atoms with van der Waals surface area (Å²) in [6.45, 7) is -0.955. The first kappa shape index (κ1) is 24.0. The van der Waals surface area contributed by atoms with Gasteiger partial charge >= 0.3 is 61.8 Å². The zero-order valence-electron chi connectivity index (χ0n) is 9.45. The molecule has 0 rings (SSSR count). The second-order valence-electron chi connectivity index (χ2n) is 2.88. The summed E-state index contributed by atoms with van der Waals surface area (Å²) in [7, 11) is -4.67. The Morgan fingerprint density at radius 3 is 1.72 bits per heavy atom. The van der Waals surface area contributed by atoms with E-state index in [-0.39, 0.29) is 57.7 Å². The summed E-state index contributed by atoms with van der Waals surface area (Å²) >= 11 is 0. The second-order valence-corrected chi connectivity index (χ2v) is 3.77. The maximum atomic E-state index is 10.0. The van der Waals surface area contributed by atoms with Crippen molar-refractivity contribution in [3.63, 3.8) is 0 Å². The normalized spacial score (nSPS) is 17.3. The Bertz CT molecular complexity index is 302. The summed E-state index contributed by atoms with van der Waals surface area (Å²) in [5, 5.41) is 36.7. The number of aldehydes is 1. The molecule has 0 fully saturated rings. The van der Waals surface area contributed by atoms with Gasteiger partial charge in [0.15, 0.2) is 0 Å². The van der Waals surface area contributed by atoms with Crippen LogP contribution in [0.5, 0.6) is 0 Å². The molecule has 0 aromatic rings. The van der Waals surface area contributed by atoms with Crippen molar-refractivity contribution in [3.05, 3.63) is 0 Å². The zero-order valence-corrected chi connectivity index (χ0v) is 13.4. The largest absolute Gasteiger partial charge is 1.00 e. The Hall–Kier alpha value is 0.976. The van der Waals surface area contributed by atoms with E-state index in [2.05, 4.69) is 0 Å². The number of hydrogen-bond acceptors (Lipinski definition) is 8. The smallest absolute Gasteiger partial charge is 0.853 e. The number of rotatable bonds is 5. The SMILES string of the molecule is N[C@@H](C=O)[C@@H](O)[C@H](O)[C@H](O)C[O-].O=S(=O)(O)O.[K+]. The van der Waals surface area contributed by atoms with Crippen LogP contribution in [0.3, 0.4) is 0 Å². The molecule has 0 radical (unpaired) electrons. The predicted octanol–water partition coefficient (Wildman–Crippen LogP) is -7.69. The van der Waals surface area contributed by atoms with E-state index < -0.39 is 41.4 Å². The van der Waals surface area contributed by atoms with Gasteiger partial charge in [0.1, 0.15) is 18.5 Å². The Morgan fingerprint density at radius 2 is 1.50 bits per heavy atom. The van der Waals surface area contributed by atoms with Crippen LogP contribution >= 0.6 is 0 Å². The Balaban J connectivity index is -0.000000321. The number of carbonyl (C=O) groups is 1. The summed E-state index contributed by atoms with van der Waals surface area (Å²) in [6.07, 6.45) is -4.66. The number of aliphatic hydroxyl groups excluding tert-OH is 3. The van der Waals surface area contributed by atoms with Gasteiger partial charge in [0.25, 0.3) is 0 Å². The molecule has 104 valence electrons. The van der Waals surface area contributed by atoms with Crippen molar-refractivity contribution in [2.24, 2.45) is 5.73 Å². The molecule has 4 atom stereocenters. The second kappa shape index (κ2) is 11.8. The molecule has 0 aromatic heterocycles. The fourth-order valence-corrected chi connectivity index (χ4v) is 0.634. The van der Waals surface area contributed by atoms with Gasteiger partial charge in [-0.05, 0) is 0 Å². The first-order valence-corrected chi connectivity index (χ1v) is 5.47. The number of carbonyl (C=O) groups excluding carboxylic acids is 1. The number of nitrogens with two attached hydrogens (primary N) is 1. The molecule has 7 N–H and O–H groups in total. The first-order chi connectivity index (χ1) is 7.54. The molecule has 0 aliphatic rings. The third-order valence-electron chi connectivity index (χ3n) is 1.47. The topological polar surface area (TPSA) is 201 Å². The third-order valence-corrected chi connectivity index (χ3v) is 1.47. The van der Waals surface area contributed by atoms with Crippen molar-refractivity contribution in [2.75, 3.05) is 6.61 Å². The van der Waals surface area contributed by atoms with E-state index in [9.17, 15) is 9.90 Å². The first-order valence-electron chi connectivity index (χ1n) is 4.07. The van der Waals surface area contributed by atoms with Gasteiger partial charge in [-0.3, -0.25) is 9.11 Å². The molecule has 12 heteroatoms. The fraction of sp³-hybridized carbons (Fsp3) is 0.833. The molecule has 0 spiro atoms. The van der Waals surface area contributed by atoms with Crippen LogP contribution in [0.2, 0.25) is 0 Å². The minimum Gasteiger partial charge on any atom is -0.853 e. The van der Waals surface area contributed by atoms with Crippen LogP contribution in [-0.4, -0.2) is 70.1 Å². The predicted molar refractivity (Wildman–Crippen MR) is 51.1 cm³/mol. The molecule has 0 amide bonds. The molecule has 0 heterocycles. The average molecular weight is 315 g/mol. The van der Waals surface area contributed by atoms with Crippen LogP contribution in [-0.2, 0) is 15.2 Å². The maximum Gasteiger partial charge on any atom is 1.00 e. The van der Waals surface area contributed by atoms with Gasteiger partial charge in [0, 0.05) is 0 Å². The van der Waals surface area contributed by atoms with E-state index >= 15 is 0 Å². The van der Waals surface area contributed by atoms with Gasteiger partial charge in [-0.25, -0.2) is 0 Å². The Labute approximate surface area is 146 Å². The summed E-state index contributed by atoms with van der Waals surface area (Å²) < 4.78 is 31.6. The van der Waals surface area contributed by atoms with Gasteiger partial charge < -0.3 is 31.0 Å². The maximum absolute atomic E-state index is 10.0. The molecule has 0 bridgehead atoms. The van der Waals surface area contributed by atoms with Crippen molar-refractivity contribution < 1.29 is 94.1 Å². The van der Waals surface area contributed by atoms with E-state index in [4.69, 9.17) is 38.6 Å². The molecule has 0 saturated carbocycles. The van der Waals surface area contributed by atoms with Crippen LogP contribution in [0.15, 0.2) is 0 Å². The van der Waals surface area contributed by atoms with Crippen LogP contribution in [0, 0.1) is 0 Å². The van der Waals surface area contributed by atoms with Crippen LogP contribution in [0.25, 0.3) is 0 Å². The zero-order chi connectivity index (χ0) is 14.2. The molecule has 0 saturated heterocycles. The summed E-state index contributed by atoms with van der Waals surface area (Å²) in [4.78, 5) is 10.0. The quantitative estimate of drug-likeness (QED) is 0.161. The van der Waals surface area contributed by atoms with Crippen LogP contribution in [0.1, 0.15) is 0 Å². The summed E-state index contributed by atoms with van der Waals surface area (Å²) in [5.74, 6) is 0. The van der Waals surface area contributed by atoms with Crippen molar-refractivity contribution in [3.8, 4) is 0 Å². The molecular weight excluding hydrogens is 301 g/mol. The fourth-order valence-electron chi connectivity index (χ4n) is 0.634. The molecule has 0 aliphatic carbocycles. The molecule has 18 heavy (non-hydrogen) atoms. The van der Waals surface area contributed by atoms with Crippen molar-refractivity contribution in [1.29, 1.82) is 0 Å². The van der Waals surface area contributed by atoms with Crippen LogP contribution in [0.4, 0.5) is 0 Å². The van der Waals surface area contributed by atoms with E-state index in [0.29, 0.717) is 0 Å². The van der Waals surface area contributed by atoms with Gasteiger partial charge in [0.2, 0.25) is 0 Å². The Kier molecular flexibility index (Phi) is 15.7. The number of aliphatic hydroxyl groups is 3. The summed E-state index contributed by atoms with van der Waals surface area (Å²) in [6, 6.07) is -1.29. The minimum absolute atomic E-state index is 0. The van der Waals surface area contributed by atoms with Crippen molar-refractivity contribution >= 4 is 16.7 Å². The van der Waals surface area contributed by atoms with E-state index in [0.717, 1.165) is 0 Å².